The van der Waals surface area contributed by atoms with Gasteiger partial charge in [-0.15, -0.1) is 0 Å². The van der Waals surface area contributed by atoms with Crippen molar-refractivity contribution in [3.63, 3.8) is 0 Å². The van der Waals surface area contributed by atoms with Gasteiger partial charge in [0, 0.05) is 44.0 Å². The number of carbonyl (C=O) groups is 1. The molecule has 2 aromatic carbocycles. The highest BCUT2D eigenvalue weighted by Gasteiger charge is 2.25. The van der Waals surface area contributed by atoms with Crippen LogP contribution in [0.25, 0.3) is 10.9 Å². The van der Waals surface area contributed by atoms with Crippen molar-refractivity contribution in [3.05, 3.63) is 65.9 Å². The maximum Gasteiger partial charge on any atom is 0.394 e. The van der Waals surface area contributed by atoms with Gasteiger partial charge in [-0.1, -0.05) is 30.3 Å². The first-order valence-corrected chi connectivity index (χ1v) is 12.1. The van der Waals surface area contributed by atoms with Crippen molar-refractivity contribution in [2.45, 2.75) is 39.2 Å². The van der Waals surface area contributed by atoms with E-state index < -0.39 is 6.11 Å². The van der Waals surface area contributed by atoms with Crippen LogP contribution in [0.1, 0.15) is 42.7 Å². The largest absolute Gasteiger partial charge is 0.433 e. The molecule has 0 saturated carbocycles. The number of ether oxygens (including phenoxy) is 1. The number of alkyl halides is 2. The molecule has 1 fully saturated rings. The van der Waals surface area contributed by atoms with Gasteiger partial charge in [-0.05, 0) is 68.5 Å². The third-order valence-corrected chi connectivity index (χ3v) is 6.42. The molecule has 1 aliphatic rings. The van der Waals surface area contributed by atoms with E-state index in [0.29, 0.717) is 18.2 Å². The van der Waals surface area contributed by atoms with Crippen LogP contribution in [0.2, 0.25) is 0 Å². The van der Waals surface area contributed by atoms with Gasteiger partial charge in [0.05, 0.1) is 0 Å². The number of hydrogen-bond acceptors (Lipinski definition) is 3. The molecule has 7 heteroatoms. The number of benzene rings is 2. The molecule has 1 aliphatic heterocycles. The fraction of sp³-hybridized carbons (Fsp3) is 0.444. The molecule has 1 N–H and O–H groups in total. The van der Waals surface area contributed by atoms with Crippen LogP contribution in [0.4, 0.5) is 8.78 Å². The van der Waals surface area contributed by atoms with E-state index in [1.165, 1.54) is 0 Å². The minimum Gasteiger partial charge on any atom is -0.433 e. The summed E-state index contributed by atoms with van der Waals surface area (Å²) in [4.78, 5) is 20.8. The molecule has 1 amide bonds. The number of aromatic amines is 1. The minimum atomic E-state index is -3.19. The van der Waals surface area contributed by atoms with Crippen LogP contribution < -0.4 is 4.74 Å². The Bertz CT molecular complexity index is 1080. The Hall–Kier alpha value is -2.93. The zero-order chi connectivity index (χ0) is 24.1. The van der Waals surface area contributed by atoms with Gasteiger partial charge < -0.3 is 19.5 Å². The normalized spacial score (nSPS) is 17.1. The molecule has 3 aromatic rings. The van der Waals surface area contributed by atoms with E-state index in [1.54, 1.807) is 18.2 Å². The lowest BCUT2D eigenvalue weighted by molar-refractivity contribution is -0.158. The second-order valence-corrected chi connectivity index (χ2v) is 9.23. The third-order valence-electron chi connectivity index (χ3n) is 6.42. The Morgan fingerprint density at radius 3 is 2.79 bits per heavy atom. The third kappa shape index (κ3) is 6.35. The topological polar surface area (TPSA) is 48.6 Å². The molecule has 4 rings (SSSR count). The van der Waals surface area contributed by atoms with E-state index in [2.05, 4.69) is 9.88 Å². The average molecular weight is 470 g/mol. The van der Waals surface area contributed by atoms with Crippen molar-refractivity contribution in [1.29, 1.82) is 0 Å². The van der Waals surface area contributed by atoms with Gasteiger partial charge in [-0.3, -0.25) is 4.79 Å². The Labute approximate surface area is 199 Å². The number of nitrogens with zero attached hydrogens (tertiary/aromatic N) is 2. The second-order valence-electron chi connectivity index (χ2n) is 9.23. The van der Waals surface area contributed by atoms with Gasteiger partial charge in [0.15, 0.2) is 0 Å². The highest BCUT2D eigenvalue weighted by Crippen LogP contribution is 2.24. The molecular formula is C27H33F2N3O2. The number of hydrogen-bond donors (Lipinski definition) is 1. The summed E-state index contributed by atoms with van der Waals surface area (Å²) in [6, 6.07) is 16.8. The van der Waals surface area contributed by atoms with Crippen LogP contribution >= 0.6 is 0 Å². The maximum absolute atomic E-state index is 13.2. The van der Waals surface area contributed by atoms with Gasteiger partial charge >= 0.3 is 6.11 Å². The Balaban J connectivity index is 1.32. The fourth-order valence-electron chi connectivity index (χ4n) is 4.79. The van der Waals surface area contributed by atoms with Crippen LogP contribution in [0.3, 0.4) is 0 Å². The lowest BCUT2D eigenvalue weighted by Crippen LogP contribution is -2.43. The molecular weight excluding hydrogens is 436 g/mol. The van der Waals surface area contributed by atoms with E-state index in [4.69, 9.17) is 4.74 Å². The quantitative estimate of drug-likeness (QED) is 0.445. The number of halogens is 2. The van der Waals surface area contributed by atoms with Crippen LogP contribution in [0.5, 0.6) is 5.75 Å². The number of para-hydroxylation sites is 1. The van der Waals surface area contributed by atoms with Crippen molar-refractivity contribution in [3.8, 4) is 5.75 Å². The lowest BCUT2D eigenvalue weighted by Gasteiger charge is -2.35. The van der Waals surface area contributed by atoms with Gasteiger partial charge in [0.2, 0.25) is 0 Å². The number of rotatable bonds is 9. The number of likely N-dealkylation sites (tertiary alicyclic amines) is 1. The maximum atomic E-state index is 13.2. The molecule has 182 valence electrons. The Morgan fingerprint density at radius 1 is 1.21 bits per heavy atom. The SMILES string of the molecule is CCN(CC1CCCN(CCc2cccc(OC(C)(F)F)c2)C1)C(=O)c1cc2ccccc2[nH]1. The number of carbonyl (C=O) groups excluding carboxylic acids is 1. The van der Waals surface area contributed by atoms with Gasteiger partial charge in [-0.25, -0.2) is 0 Å². The van der Waals surface area contributed by atoms with Crippen LogP contribution in [0.15, 0.2) is 54.6 Å². The smallest absolute Gasteiger partial charge is 0.394 e. The molecule has 0 bridgehead atoms. The average Bonchev–Trinajstić information content (AvgIpc) is 3.25. The van der Waals surface area contributed by atoms with Crippen LogP contribution in [0, 0.1) is 5.92 Å². The van der Waals surface area contributed by atoms with Crippen molar-refractivity contribution < 1.29 is 18.3 Å². The van der Waals surface area contributed by atoms with Gasteiger partial charge in [0.25, 0.3) is 5.91 Å². The second kappa shape index (κ2) is 10.6. The molecule has 34 heavy (non-hydrogen) atoms. The zero-order valence-electron chi connectivity index (χ0n) is 19.9. The summed E-state index contributed by atoms with van der Waals surface area (Å²) in [7, 11) is 0. The summed E-state index contributed by atoms with van der Waals surface area (Å²) in [5.74, 6) is 0.645. The summed E-state index contributed by atoms with van der Waals surface area (Å²) < 4.78 is 31.0. The predicted octanol–water partition coefficient (Wildman–Crippen LogP) is 5.58. The van der Waals surface area contributed by atoms with E-state index in [-0.39, 0.29) is 11.7 Å². The van der Waals surface area contributed by atoms with Crippen LogP contribution in [-0.2, 0) is 6.42 Å². The number of aromatic nitrogens is 1. The predicted molar refractivity (Wildman–Crippen MR) is 130 cm³/mol. The fourth-order valence-corrected chi connectivity index (χ4v) is 4.79. The summed E-state index contributed by atoms with van der Waals surface area (Å²) in [5.41, 5.74) is 2.59. The first-order valence-electron chi connectivity index (χ1n) is 12.1. The van der Waals surface area contributed by atoms with Gasteiger partial charge in [0.1, 0.15) is 11.4 Å². The summed E-state index contributed by atoms with van der Waals surface area (Å²) in [6.45, 7) is 6.97. The van der Waals surface area contributed by atoms with E-state index in [0.717, 1.165) is 68.8 Å². The minimum absolute atomic E-state index is 0.0420. The number of nitrogens with one attached hydrogen (secondary N) is 1. The highest BCUT2D eigenvalue weighted by molar-refractivity contribution is 5.98. The number of piperidine rings is 1. The van der Waals surface area contributed by atoms with Crippen LogP contribution in [-0.4, -0.2) is 59.5 Å². The molecule has 1 saturated heterocycles. The Morgan fingerprint density at radius 2 is 2.03 bits per heavy atom. The van der Waals surface area contributed by atoms with Crippen molar-refractivity contribution in [2.24, 2.45) is 5.92 Å². The molecule has 0 radical (unpaired) electrons. The number of amides is 1. The number of fused-ring (bicyclic) bond motifs is 1. The molecule has 1 aromatic heterocycles. The monoisotopic (exact) mass is 469 g/mol. The van der Waals surface area contributed by atoms with E-state index >= 15 is 0 Å². The molecule has 2 heterocycles. The first-order chi connectivity index (χ1) is 16.3. The molecule has 1 unspecified atom stereocenters. The molecule has 0 aliphatic carbocycles. The van der Waals surface area contributed by atoms with E-state index in [1.807, 2.05) is 48.2 Å². The first kappa shape index (κ1) is 24.2. The van der Waals surface area contributed by atoms with E-state index in [9.17, 15) is 13.6 Å². The zero-order valence-corrected chi connectivity index (χ0v) is 19.9. The lowest BCUT2D eigenvalue weighted by atomic mass is 9.96. The van der Waals surface area contributed by atoms with Crippen molar-refractivity contribution in [1.82, 2.24) is 14.8 Å². The number of H-pyrrole nitrogens is 1. The summed E-state index contributed by atoms with van der Waals surface area (Å²) in [6.07, 6.45) is -0.227. The standard InChI is InChI=1S/C27H33F2N3O2/c1-3-32(26(33)25-17-22-10-4-5-12-24(22)30-25)19-21-9-7-14-31(18-21)15-13-20-8-6-11-23(16-20)34-27(2,28)29/h4-6,8,10-12,16-17,21,30H,3,7,9,13-15,18-19H2,1-2H3. The van der Waals surface area contributed by atoms with Gasteiger partial charge in [-0.2, -0.15) is 8.78 Å². The summed E-state index contributed by atoms with van der Waals surface area (Å²) >= 11 is 0. The molecule has 5 nitrogen and oxygen atoms in total. The molecule has 0 spiro atoms. The van der Waals surface area contributed by atoms with Crippen molar-refractivity contribution in [2.75, 3.05) is 32.7 Å². The highest BCUT2D eigenvalue weighted by atomic mass is 19.3. The summed E-state index contributed by atoms with van der Waals surface area (Å²) in [5, 5.41) is 1.04. The van der Waals surface area contributed by atoms with Crippen molar-refractivity contribution >= 4 is 16.8 Å². The molecule has 1 atom stereocenters. The Kier molecular flexibility index (Phi) is 7.51.